The van der Waals surface area contributed by atoms with Crippen LogP contribution in [0.5, 0.6) is 0 Å². The molecule has 0 radical (unpaired) electrons. The summed E-state index contributed by atoms with van der Waals surface area (Å²) in [5.41, 5.74) is 8.15. The zero-order valence-electron chi connectivity index (χ0n) is 7.51. The van der Waals surface area contributed by atoms with Crippen LogP contribution in [0.2, 0.25) is 0 Å². The van der Waals surface area contributed by atoms with Crippen molar-refractivity contribution in [3.05, 3.63) is 43.0 Å². The zero-order valence-corrected chi connectivity index (χ0v) is 7.51. The highest BCUT2D eigenvalue weighted by atomic mass is 14.9. The van der Waals surface area contributed by atoms with Crippen molar-refractivity contribution in [2.45, 2.75) is 0 Å². The number of nitrogen functional groups attached to an aromatic ring is 1. The minimum absolute atomic E-state index is 0.729. The Bertz CT molecular complexity index is 413. The third-order valence-corrected chi connectivity index (χ3v) is 1.74. The van der Waals surface area contributed by atoms with Crippen LogP contribution < -0.4 is 11.1 Å². The first-order valence-corrected chi connectivity index (χ1v) is 4.22. The highest BCUT2D eigenvalue weighted by Crippen LogP contribution is 2.16. The van der Waals surface area contributed by atoms with Gasteiger partial charge < -0.3 is 11.1 Å². The SMILES string of the molecule is Nc1cccc(Nc2cncnc2)c1. The van der Waals surface area contributed by atoms with Crippen LogP contribution in [0.1, 0.15) is 0 Å². The third-order valence-electron chi connectivity index (χ3n) is 1.74. The molecule has 0 bridgehead atoms. The average Bonchev–Trinajstić information content (AvgIpc) is 2.19. The number of nitrogens with one attached hydrogen (secondary N) is 1. The Hall–Kier alpha value is -2.10. The number of nitrogens with two attached hydrogens (primary N) is 1. The molecule has 0 aliphatic rings. The molecule has 3 N–H and O–H groups in total. The van der Waals surface area contributed by atoms with Crippen LogP contribution >= 0.6 is 0 Å². The maximum absolute atomic E-state index is 5.64. The fraction of sp³-hybridized carbons (Fsp3) is 0. The van der Waals surface area contributed by atoms with Crippen LogP contribution in [0, 0.1) is 0 Å². The molecule has 4 nitrogen and oxygen atoms in total. The average molecular weight is 186 g/mol. The van der Waals surface area contributed by atoms with Crippen molar-refractivity contribution in [3.63, 3.8) is 0 Å². The second kappa shape index (κ2) is 3.74. The maximum Gasteiger partial charge on any atom is 0.115 e. The van der Waals surface area contributed by atoms with Gasteiger partial charge >= 0.3 is 0 Å². The molecule has 0 atom stereocenters. The van der Waals surface area contributed by atoms with Gasteiger partial charge in [-0.15, -0.1) is 0 Å². The number of hydrogen-bond acceptors (Lipinski definition) is 4. The normalized spacial score (nSPS) is 9.71. The molecule has 0 aliphatic heterocycles. The molecule has 0 unspecified atom stereocenters. The molecule has 0 fully saturated rings. The molecule has 1 heterocycles. The van der Waals surface area contributed by atoms with Crippen molar-refractivity contribution < 1.29 is 0 Å². The lowest BCUT2D eigenvalue weighted by molar-refractivity contribution is 1.17. The topological polar surface area (TPSA) is 63.8 Å². The van der Waals surface area contributed by atoms with E-state index in [1.54, 1.807) is 12.4 Å². The summed E-state index contributed by atoms with van der Waals surface area (Å²) in [6.07, 6.45) is 4.90. The predicted octanol–water partition coefficient (Wildman–Crippen LogP) is 1.80. The molecule has 0 spiro atoms. The molecule has 2 rings (SSSR count). The first-order chi connectivity index (χ1) is 6.84. The smallest absolute Gasteiger partial charge is 0.115 e. The fourth-order valence-corrected chi connectivity index (χ4v) is 1.15. The van der Waals surface area contributed by atoms with E-state index in [1.807, 2.05) is 24.3 Å². The van der Waals surface area contributed by atoms with Crippen LogP contribution in [0.4, 0.5) is 17.1 Å². The van der Waals surface area contributed by atoms with E-state index in [4.69, 9.17) is 5.73 Å². The monoisotopic (exact) mass is 186 g/mol. The Morgan fingerprint density at radius 3 is 2.57 bits per heavy atom. The van der Waals surface area contributed by atoms with Gasteiger partial charge in [-0.05, 0) is 18.2 Å². The number of nitrogens with zero attached hydrogens (tertiary/aromatic N) is 2. The summed E-state index contributed by atoms with van der Waals surface area (Å²) in [5, 5.41) is 3.14. The lowest BCUT2D eigenvalue weighted by Gasteiger charge is -2.05. The summed E-state index contributed by atoms with van der Waals surface area (Å²) in [7, 11) is 0. The molecule has 1 aromatic carbocycles. The number of hydrogen-bond donors (Lipinski definition) is 2. The van der Waals surface area contributed by atoms with Gasteiger partial charge in [0.05, 0.1) is 18.1 Å². The van der Waals surface area contributed by atoms with E-state index in [0.29, 0.717) is 0 Å². The maximum atomic E-state index is 5.64. The third kappa shape index (κ3) is 1.98. The van der Waals surface area contributed by atoms with E-state index in [1.165, 1.54) is 6.33 Å². The van der Waals surface area contributed by atoms with E-state index in [0.717, 1.165) is 17.1 Å². The highest BCUT2D eigenvalue weighted by molar-refractivity contribution is 5.62. The molecule has 0 aliphatic carbocycles. The number of rotatable bonds is 2. The van der Waals surface area contributed by atoms with Crippen molar-refractivity contribution >= 4 is 17.1 Å². The minimum atomic E-state index is 0.729. The van der Waals surface area contributed by atoms with Crippen molar-refractivity contribution in [1.82, 2.24) is 9.97 Å². The van der Waals surface area contributed by atoms with Crippen LogP contribution in [-0.4, -0.2) is 9.97 Å². The molecular formula is C10H10N4. The number of aromatic nitrogens is 2. The van der Waals surface area contributed by atoms with Gasteiger partial charge in [0.25, 0.3) is 0 Å². The summed E-state index contributed by atoms with van der Waals surface area (Å²) in [6.45, 7) is 0. The minimum Gasteiger partial charge on any atom is -0.399 e. The molecular weight excluding hydrogens is 176 g/mol. The van der Waals surface area contributed by atoms with Gasteiger partial charge in [-0.25, -0.2) is 9.97 Å². The second-order valence-electron chi connectivity index (χ2n) is 2.88. The van der Waals surface area contributed by atoms with Crippen molar-refractivity contribution in [2.24, 2.45) is 0 Å². The second-order valence-corrected chi connectivity index (χ2v) is 2.88. The van der Waals surface area contributed by atoms with E-state index >= 15 is 0 Å². The first kappa shape index (κ1) is 8.50. The fourth-order valence-electron chi connectivity index (χ4n) is 1.15. The van der Waals surface area contributed by atoms with Crippen molar-refractivity contribution in [1.29, 1.82) is 0 Å². The Morgan fingerprint density at radius 2 is 1.86 bits per heavy atom. The Labute approximate surface area is 81.8 Å². The molecule has 4 heteroatoms. The van der Waals surface area contributed by atoms with Crippen LogP contribution in [-0.2, 0) is 0 Å². The quantitative estimate of drug-likeness (QED) is 0.702. The number of anilines is 3. The van der Waals surface area contributed by atoms with Crippen LogP contribution in [0.25, 0.3) is 0 Å². The Kier molecular flexibility index (Phi) is 2.27. The van der Waals surface area contributed by atoms with Gasteiger partial charge in [0.1, 0.15) is 6.33 Å². The van der Waals surface area contributed by atoms with Crippen LogP contribution in [0.15, 0.2) is 43.0 Å². The largest absolute Gasteiger partial charge is 0.399 e. The van der Waals surface area contributed by atoms with Crippen LogP contribution in [0.3, 0.4) is 0 Å². The standard InChI is InChI=1S/C10H10N4/c11-8-2-1-3-9(4-8)14-10-5-12-7-13-6-10/h1-7,14H,11H2. The molecule has 1 aromatic heterocycles. The van der Waals surface area contributed by atoms with Gasteiger partial charge in [-0.2, -0.15) is 0 Å². The Morgan fingerprint density at radius 1 is 1.07 bits per heavy atom. The van der Waals surface area contributed by atoms with Gasteiger partial charge in [0.2, 0.25) is 0 Å². The molecule has 0 amide bonds. The van der Waals surface area contributed by atoms with Gasteiger partial charge in [-0.3, -0.25) is 0 Å². The van der Waals surface area contributed by atoms with E-state index in [2.05, 4.69) is 15.3 Å². The summed E-state index contributed by atoms with van der Waals surface area (Å²) in [6, 6.07) is 7.52. The summed E-state index contributed by atoms with van der Waals surface area (Å²) < 4.78 is 0. The first-order valence-electron chi connectivity index (χ1n) is 4.22. The van der Waals surface area contributed by atoms with E-state index in [-0.39, 0.29) is 0 Å². The predicted molar refractivity (Wildman–Crippen MR) is 56.2 cm³/mol. The lowest BCUT2D eigenvalue weighted by Crippen LogP contribution is -1.93. The molecule has 0 saturated heterocycles. The number of benzene rings is 1. The van der Waals surface area contributed by atoms with E-state index < -0.39 is 0 Å². The highest BCUT2D eigenvalue weighted by Gasteiger charge is 1.94. The van der Waals surface area contributed by atoms with Crippen molar-refractivity contribution in [2.75, 3.05) is 11.1 Å². The van der Waals surface area contributed by atoms with Crippen molar-refractivity contribution in [3.8, 4) is 0 Å². The lowest BCUT2D eigenvalue weighted by atomic mass is 10.3. The molecule has 2 aromatic rings. The molecule has 0 saturated carbocycles. The van der Waals surface area contributed by atoms with E-state index in [9.17, 15) is 0 Å². The summed E-state index contributed by atoms with van der Waals surface area (Å²) >= 11 is 0. The Balaban J connectivity index is 2.19. The summed E-state index contributed by atoms with van der Waals surface area (Å²) in [4.78, 5) is 7.80. The molecule has 14 heavy (non-hydrogen) atoms. The van der Waals surface area contributed by atoms with Gasteiger partial charge in [0.15, 0.2) is 0 Å². The summed E-state index contributed by atoms with van der Waals surface area (Å²) in [5.74, 6) is 0. The molecule has 70 valence electrons. The van der Waals surface area contributed by atoms with Gasteiger partial charge in [-0.1, -0.05) is 6.07 Å². The zero-order chi connectivity index (χ0) is 9.80. The van der Waals surface area contributed by atoms with Gasteiger partial charge in [0, 0.05) is 11.4 Å².